The number of benzene rings is 1. The summed E-state index contributed by atoms with van der Waals surface area (Å²) in [6.07, 6.45) is 2.57. The molecule has 16 heavy (non-hydrogen) atoms. The van der Waals surface area contributed by atoms with Gasteiger partial charge in [0.05, 0.1) is 0 Å². The predicted octanol–water partition coefficient (Wildman–Crippen LogP) is 3.68. The van der Waals surface area contributed by atoms with Crippen molar-refractivity contribution in [3.05, 3.63) is 34.1 Å². The molecule has 3 nitrogen and oxygen atoms in total. The molecule has 0 atom stereocenters. The van der Waals surface area contributed by atoms with Gasteiger partial charge in [-0.15, -0.1) is 0 Å². The van der Waals surface area contributed by atoms with Crippen LogP contribution in [0.25, 0.3) is 11.4 Å². The van der Waals surface area contributed by atoms with Gasteiger partial charge in [0, 0.05) is 17.0 Å². The molecule has 0 bridgehead atoms. The topological polar surface area (TPSA) is 38.9 Å². The van der Waals surface area contributed by atoms with E-state index in [2.05, 4.69) is 38.2 Å². The van der Waals surface area contributed by atoms with E-state index < -0.39 is 0 Å². The minimum atomic E-state index is 0.603. The average Bonchev–Trinajstić information content (AvgIpc) is 3.02. The molecule has 82 valence electrons. The lowest BCUT2D eigenvalue weighted by molar-refractivity contribution is 0.394. The van der Waals surface area contributed by atoms with Crippen molar-refractivity contribution >= 4 is 15.9 Å². The molecule has 0 saturated heterocycles. The maximum Gasteiger partial charge on any atom is 0.223 e. The summed E-state index contributed by atoms with van der Waals surface area (Å²) < 4.78 is 6.17. The van der Waals surface area contributed by atoms with E-state index in [0.29, 0.717) is 17.6 Å². The summed E-state index contributed by atoms with van der Waals surface area (Å²) in [5.74, 6) is 1.99. The van der Waals surface area contributed by atoms with Crippen LogP contribution in [-0.2, 0) is 0 Å². The fourth-order valence-corrected chi connectivity index (χ4v) is 2.38. The minimum absolute atomic E-state index is 0.603. The number of halogens is 1. The molecule has 1 aliphatic rings. The summed E-state index contributed by atoms with van der Waals surface area (Å²) >= 11 is 3.58. The predicted molar refractivity (Wildman–Crippen MR) is 64.1 cm³/mol. The Balaban J connectivity index is 2.04. The van der Waals surface area contributed by atoms with Gasteiger partial charge >= 0.3 is 0 Å². The lowest BCUT2D eigenvalue weighted by Crippen LogP contribution is -1.86. The maximum absolute atomic E-state index is 4.99. The molecule has 4 heteroatoms. The zero-order valence-corrected chi connectivity index (χ0v) is 10.5. The lowest BCUT2D eigenvalue weighted by atomic mass is 10.1. The van der Waals surface area contributed by atoms with Gasteiger partial charge < -0.3 is 4.52 Å². The first-order valence-electron chi connectivity index (χ1n) is 5.34. The Kier molecular flexibility index (Phi) is 2.32. The summed E-state index contributed by atoms with van der Waals surface area (Å²) in [5, 5.41) is 3.94. The molecule has 1 aliphatic carbocycles. The van der Waals surface area contributed by atoms with Gasteiger partial charge in [0.1, 0.15) is 0 Å². The standard InChI is InChI=1S/C12H11BrN2O/c1-7-14-12(15-16-7)9-4-5-11(13)10(6-9)8-2-3-8/h4-6,8H,2-3H2,1H3. The van der Waals surface area contributed by atoms with Crippen LogP contribution >= 0.6 is 15.9 Å². The van der Waals surface area contributed by atoms with Gasteiger partial charge in [-0.1, -0.05) is 21.1 Å². The Bertz CT molecular complexity index is 532. The Morgan fingerprint density at radius 3 is 2.81 bits per heavy atom. The quantitative estimate of drug-likeness (QED) is 0.841. The van der Waals surface area contributed by atoms with Crippen molar-refractivity contribution in [2.24, 2.45) is 0 Å². The number of aryl methyl sites for hydroxylation is 1. The molecule has 1 aromatic carbocycles. The molecule has 0 amide bonds. The van der Waals surface area contributed by atoms with E-state index in [-0.39, 0.29) is 0 Å². The normalized spacial score (nSPS) is 15.4. The third-order valence-corrected chi connectivity index (χ3v) is 3.52. The van der Waals surface area contributed by atoms with E-state index >= 15 is 0 Å². The highest BCUT2D eigenvalue weighted by Crippen LogP contribution is 2.44. The van der Waals surface area contributed by atoms with Crippen LogP contribution in [0.15, 0.2) is 27.2 Å². The van der Waals surface area contributed by atoms with Gasteiger partial charge in [0.15, 0.2) is 0 Å². The van der Waals surface area contributed by atoms with Gasteiger partial charge in [-0.3, -0.25) is 0 Å². The van der Waals surface area contributed by atoms with Crippen LogP contribution in [0.5, 0.6) is 0 Å². The molecule has 1 heterocycles. The summed E-state index contributed by atoms with van der Waals surface area (Å²) in [4.78, 5) is 4.24. The number of aromatic nitrogens is 2. The molecule has 2 aromatic rings. The molecular formula is C12H11BrN2O. The molecule has 1 aromatic heterocycles. The van der Waals surface area contributed by atoms with Crippen molar-refractivity contribution in [2.45, 2.75) is 25.7 Å². The van der Waals surface area contributed by atoms with E-state index in [4.69, 9.17) is 4.52 Å². The lowest BCUT2D eigenvalue weighted by Gasteiger charge is -2.03. The minimum Gasteiger partial charge on any atom is -0.339 e. The zero-order valence-electron chi connectivity index (χ0n) is 8.90. The fraction of sp³-hybridized carbons (Fsp3) is 0.333. The average molecular weight is 279 g/mol. The van der Waals surface area contributed by atoms with E-state index in [1.54, 1.807) is 6.92 Å². The smallest absolute Gasteiger partial charge is 0.223 e. The second kappa shape index (κ2) is 3.70. The van der Waals surface area contributed by atoms with Crippen LogP contribution in [0.2, 0.25) is 0 Å². The van der Waals surface area contributed by atoms with Crippen LogP contribution in [0.3, 0.4) is 0 Å². The fourth-order valence-electron chi connectivity index (χ4n) is 1.81. The number of hydrogen-bond donors (Lipinski definition) is 0. The molecular weight excluding hydrogens is 268 g/mol. The van der Waals surface area contributed by atoms with Crippen LogP contribution in [0, 0.1) is 6.92 Å². The largest absolute Gasteiger partial charge is 0.339 e. The first-order valence-corrected chi connectivity index (χ1v) is 6.13. The molecule has 1 saturated carbocycles. The monoisotopic (exact) mass is 278 g/mol. The summed E-state index contributed by atoms with van der Waals surface area (Å²) in [7, 11) is 0. The summed E-state index contributed by atoms with van der Waals surface area (Å²) in [6.45, 7) is 1.80. The highest BCUT2D eigenvalue weighted by molar-refractivity contribution is 9.10. The summed E-state index contributed by atoms with van der Waals surface area (Å²) in [6, 6.07) is 6.24. The molecule has 0 spiro atoms. The van der Waals surface area contributed by atoms with E-state index in [1.807, 2.05) is 6.07 Å². The Morgan fingerprint density at radius 2 is 2.19 bits per heavy atom. The van der Waals surface area contributed by atoms with E-state index in [1.165, 1.54) is 22.9 Å². The van der Waals surface area contributed by atoms with Crippen molar-refractivity contribution < 1.29 is 4.52 Å². The molecule has 1 fully saturated rings. The van der Waals surface area contributed by atoms with Gasteiger partial charge in [-0.05, 0) is 42.5 Å². The van der Waals surface area contributed by atoms with Gasteiger partial charge in [-0.2, -0.15) is 4.98 Å². The third-order valence-electron chi connectivity index (χ3n) is 2.80. The Morgan fingerprint density at radius 1 is 1.38 bits per heavy atom. The summed E-state index contributed by atoms with van der Waals surface area (Å²) in [5.41, 5.74) is 2.39. The highest BCUT2D eigenvalue weighted by Gasteiger charge is 2.26. The third kappa shape index (κ3) is 1.78. The molecule has 0 aliphatic heterocycles. The second-order valence-electron chi connectivity index (χ2n) is 4.15. The first kappa shape index (κ1) is 10.0. The van der Waals surface area contributed by atoms with E-state index in [0.717, 1.165) is 5.56 Å². The van der Waals surface area contributed by atoms with Crippen molar-refractivity contribution in [1.29, 1.82) is 0 Å². The number of hydrogen-bond acceptors (Lipinski definition) is 3. The second-order valence-corrected chi connectivity index (χ2v) is 5.00. The number of nitrogens with zero attached hydrogens (tertiary/aromatic N) is 2. The molecule has 0 N–H and O–H groups in total. The maximum atomic E-state index is 4.99. The van der Waals surface area contributed by atoms with Crippen molar-refractivity contribution in [3.8, 4) is 11.4 Å². The van der Waals surface area contributed by atoms with Crippen molar-refractivity contribution in [1.82, 2.24) is 10.1 Å². The molecule has 3 rings (SSSR count). The van der Waals surface area contributed by atoms with Crippen LogP contribution in [0.4, 0.5) is 0 Å². The SMILES string of the molecule is Cc1nc(-c2ccc(Br)c(C3CC3)c2)no1. The molecule has 0 unspecified atom stereocenters. The first-order chi connectivity index (χ1) is 7.74. The van der Waals surface area contributed by atoms with Crippen LogP contribution < -0.4 is 0 Å². The van der Waals surface area contributed by atoms with E-state index in [9.17, 15) is 0 Å². The van der Waals surface area contributed by atoms with Gasteiger partial charge in [0.25, 0.3) is 0 Å². The Labute approximate surface area is 102 Å². The van der Waals surface area contributed by atoms with Gasteiger partial charge in [-0.25, -0.2) is 0 Å². The highest BCUT2D eigenvalue weighted by atomic mass is 79.9. The zero-order chi connectivity index (χ0) is 11.1. The van der Waals surface area contributed by atoms with Crippen molar-refractivity contribution in [3.63, 3.8) is 0 Å². The van der Waals surface area contributed by atoms with Crippen molar-refractivity contribution in [2.75, 3.05) is 0 Å². The molecule has 0 radical (unpaired) electrons. The Hall–Kier alpha value is -1.16. The van der Waals surface area contributed by atoms with Crippen LogP contribution in [0.1, 0.15) is 30.2 Å². The van der Waals surface area contributed by atoms with Gasteiger partial charge in [0.2, 0.25) is 11.7 Å². The van der Waals surface area contributed by atoms with Crippen LogP contribution in [-0.4, -0.2) is 10.1 Å². The number of rotatable bonds is 2.